The van der Waals surface area contributed by atoms with E-state index in [1.54, 1.807) is 6.07 Å². The van der Waals surface area contributed by atoms with Crippen molar-refractivity contribution in [2.24, 2.45) is 0 Å². The first-order valence-electron chi connectivity index (χ1n) is 4.95. The summed E-state index contributed by atoms with van der Waals surface area (Å²) < 4.78 is 0. The highest BCUT2D eigenvalue weighted by molar-refractivity contribution is 7.98. The summed E-state index contributed by atoms with van der Waals surface area (Å²) in [6, 6.07) is 9.22. The van der Waals surface area contributed by atoms with E-state index in [9.17, 15) is 0 Å². The lowest BCUT2D eigenvalue weighted by atomic mass is 10.2. The second-order valence-electron chi connectivity index (χ2n) is 3.43. The fourth-order valence-corrected chi connectivity index (χ4v) is 3.18. The van der Waals surface area contributed by atoms with Crippen molar-refractivity contribution in [1.82, 2.24) is 4.98 Å². The Kier molecular flexibility index (Phi) is 5.05. The van der Waals surface area contributed by atoms with Crippen LogP contribution in [-0.2, 0) is 5.75 Å². The molecule has 0 aliphatic carbocycles. The van der Waals surface area contributed by atoms with Crippen LogP contribution in [0.2, 0.25) is 20.2 Å². The Morgan fingerprint density at radius 3 is 2.39 bits per heavy atom. The third-order valence-corrected chi connectivity index (χ3v) is 4.66. The summed E-state index contributed by atoms with van der Waals surface area (Å²) >= 11 is 25.3. The number of hydrogen-bond donors (Lipinski definition) is 0. The number of thioether (sulfide) groups is 1. The summed E-state index contributed by atoms with van der Waals surface area (Å²) in [6.45, 7) is 0. The topological polar surface area (TPSA) is 12.9 Å². The van der Waals surface area contributed by atoms with Crippen LogP contribution in [0.15, 0.2) is 35.4 Å². The largest absolute Gasteiger partial charge is 0.227 e. The second kappa shape index (κ2) is 6.36. The number of pyridine rings is 1. The number of benzene rings is 1. The maximum atomic E-state index is 6.07. The molecule has 94 valence electrons. The Balaban J connectivity index is 2.16. The molecule has 1 aromatic heterocycles. The molecule has 1 nitrogen and oxygen atoms in total. The van der Waals surface area contributed by atoms with E-state index in [0.717, 1.165) is 10.6 Å². The summed E-state index contributed by atoms with van der Waals surface area (Å²) in [4.78, 5) is 4.14. The van der Waals surface area contributed by atoms with Gasteiger partial charge in [0, 0.05) is 10.8 Å². The van der Waals surface area contributed by atoms with Crippen LogP contribution in [0.3, 0.4) is 0 Å². The van der Waals surface area contributed by atoms with Gasteiger partial charge in [0.15, 0.2) is 0 Å². The van der Waals surface area contributed by atoms with Crippen molar-refractivity contribution in [1.29, 1.82) is 0 Å². The Labute approximate surface area is 129 Å². The molecule has 2 aromatic rings. The molecular weight excluding hydrogens is 332 g/mol. The van der Waals surface area contributed by atoms with E-state index in [1.165, 1.54) is 11.8 Å². The van der Waals surface area contributed by atoms with Gasteiger partial charge in [-0.3, -0.25) is 0 Å². The van der Waals surface area contributed by atoms with Crippen molar-refractivity contribution in [3.8, 4) is 0 Å². The van der Waals surface area contributed by atoms with Crippen molar-refractivity contribution < 1.29 is 0 Å². The molecule has 6 heteroatoms. The second-order valence-corrected chi connectivity index (χ2v) is 5.97. The highest BCUT2D eigenvalue weighted by Gasteiger charge is 2.09. The minimum atomic E-state index is 0.253. The fraction of sp³-hybridized carbons (Fsp3) is 0.0833. The van der Waals surface area contributed by atoms with Gasteiger partial charge in [-0.05, 0) is 17.7 Å². The highest BCUT2D eigenvalue weighted by atomic mass is 35.5. The first-order valence-corrected chi connectivity index (χ1v) is 7.45. The molecule has 2 rings (SSSR count). The van der Waals surface area contributed by atoms with Gasteiger partial charge in [0.1, 0.15) is 10.2 Å². The van der Waals surface area contributed by atoms with Crippen LogP contribution in [0.1, 0.15) is 5.56 Å². The molecule has 0 saturated carbocycles. The smallest absolute Gasteiger partial charge is 0.149 e. The van der Waals surface area contributed by atoms with Gasteiger partial charge in [-0.1, -0.05) is 64.6 Å². The molecule has 0 aliphatic heterocycles. The first kappa shape index (κ1) is 14.3. The zero-order valence-electron chi connectivity index (χ0n) is 8.96. The monoisotopic (exact) mass is 337 g/mol. The highest BCUT2D eigenvalue weighted by Crippen LogP contribution is 2.34. The number of halogens is 4. The third-order valence-electron chi connectivity index (χ3n) is 2.18. The average molecular weight is 339 g/mol. The van der Waals surface area contributed by atoms with Crippen molar-refractivity contribution >= 4 is 58.2 Å². The van der Waals surface area contributed by atoms with E-state index in [4.69, 9.17) is 46.4 Å². The molecule has 0 fully saturated rings. The molecule has 1 aromatic carbocycles. The quantitative estimate of drug-likeness (QED) is 0.503. The fourth-order valence-electron chi connectivity index (χ4n) is 1.29. The van der Waals surface area contributed by atoms with Crippen LogP contribution in [0, 0.1) is 0 Å². The van der Waals surface area contributed by atoms with E-state index in [-0.39, 0.29) is 5.15 Å². The minimum Gasteiger partial charge on any atom is -0.227 e. The zero-order chi connectivity index (χ0) is 13.1. The van der Waals surface area contributed by atoms with Crippen LogP contribution in [-0.4, -0.2) is 4.98 Å². The van der Waals surface area contributed by atoms with E-state index < -0.39 is 0 Å². The van der Waals surface area contributed by atoms with Gasteiger partial charge in [0.2, 0.25) is 0 Å². The number of nitrogens with zero attached hydrogens (tertiary/aromatic N) is 1. The number of aromatic nitrogens is 1. The van der Waals surface area contributed by atoms with Gasteiger partial charge in [0.25, 0.3) is 0 Å². The van der Waals surface area contributed by atoms with Gasteiger partial charge in [-0.25, -0.2) is 4.98 Å². The molecule has 18 heavy (non-hydrogen) atoms. The molecule has 0 unspecified atom stereocenters. The van der Waals surface area contributed by atoms with E-state index >= 15 is 0 Å². The van der Waals surface area contributed by atoms with Crippen molar-refractivity contribution in [3.05, 3.63) is 56.1 Å². The van der Waals surface area contributed by atoms with Gasteiger partial charge in [-0.15, -0.1) is 11.8 Å². The Morgan fingerprint density at radius 1 is 0.944 bits per heavy atom. The summed E-state index contributed by atoms with van der Waals surface area (Å²) in [5.74, 6) is 0.671. The maximum Gasteiger partial charge on any atom is 0.149 e. The minimum absolute atomic E-state index is 0.253. The summed E-state index contributed by atoms with van der Waals surface area (Å²) in [5, 5.41) is 2.46. The van der Waals surface area contributed by atoms with E-state index in [1.807, 2.05) is 24.3 Å². The molecule has 0 spiro atoms. The SMILES string of the molecule is Clc1ccccc1CSc1nc(Cl)c(Cl)cc1Cl. The summed E-state index contributed by atoms with van der Waals surface area (Å²) in [7, 11) is 0. The lowest BCUT2D eigenvalue weighted by Gasteiger charge is -2.06. The summed E-state index contributed by atoms with van der Waals surface area (Å²) in [6.07, 6.45) is 0. The molecule has 0 N–H and O–H groups in total. The zero-order valence-corrected chi connectivity index (χ0v) is 12.8. The van der Waals surface area contributed by atoms with Crippen molar-refractivity contribution in [2.75, 3.05) is 0 Å². The summed E-state index contributed by atoms with van der Waals surface area (Å²) in [5.41, 5.74) is 1.02. The molecule has 0 atom stereocenters. The molecule has 0 radical (unpaired) electrons. The number of rotatable bonds is 3. The van der Waals surface area contributed by atoms with Crippen LogP contribution < -0.4 is 0 Å². The first-order chi connectivity index (χ1) is 8.58. The van der Waals surface area contributed by atoms with Crippen LogP contribution in [0.4, 0.5) is 0 Å². The molecule has 0 aliphatic rings. The predicted octanol–water partition coefficient (Wildman–Crippen LogP) is 5.99. The average Bonchev–Trinajstić information content (AvgIpc) is 2.34. The van der Waals surface area contributed by atoms with Crippen molar-refractivity contribution in [3.63, 3.8) is 0 Å². The lowest BCUT2D eigenvalue weighted by molar-refractivity contribution is 1.13. The maximum absolute atomic E-state index is 6.07. The number of hydrogen-bond acceptors (Lipinski definition) is 2. The molecule has 0 amide bonds. The normalized spacial score (nSPS) is 10.7. The molecule has 0 saturated heterocycles. The molecular formula is C12H7Cl4NS. The van der Waals surface area contributed by atoms with E-state index in [2.05, 4.69) is 4.98 Å². The lowest BCUT2D eigenvalue weighted by Crippen LogP contribution is -1.87. The van der Waals surface area contributed by atoms with Gasteiger partial charge in [-0.2, -0.15) is 0 Å². The van der Waals surface area contributed by atoms with Gasteiger partial charge in [0.05, 0.1) is 10.0 Å². The molecule has 1 heterocycles. The van der Waals surface area contributed by atoms with Gasteiger partial charge >= 0.3 is 0 Å². The standard InChI is InChI=1S/C12H7Cl4NS/c13-8-4-2-1-3-7(8)6-18-12-10(15)5-9(14)11(16)17-12/h1-5H,6H2. The Morgan fingerprint density at radius 2 is 1.67 bits per heavy atom. The predicted molar refractivity (Wildman–Crippen MR) is 80.3 cm³/mol. The van der Waals surface area contributed by atoms with Crippen LogP contribution in [0.25, 0.3) is 0 Å². The Bertz CT molecular complexity index is 574. The third kappa shape index (κ3) is 3.46. The van der Waals surface area contributed by atoms with Gasteiger partial charge < -0.3 is 0 Å². The van der Waals surface area contributed by atoms with Crippen molar-refractivity contribution in [2.45, 2.75) is 10.8 Å². The van der Waals surface area contributed by atoms with E-state index in [0.29, 0.717) is 20.8 Å². The van der Waals surface area contributed by atoms with Crippen LogP contribution in [0.5, 0.6) is 0 Å². The van der Waals surface area contributed by atoms with Crippen LogP contribution >= 0.6 is 58.2 Å². The molecule has 0 bridgehead atoms. The Hall–Kier alpha value is -0.120.